The van der Waals surface area contributed by atoms with Gasteiger partial charge in [-0.3, -0.25) is 13.6 Å². The molecule has 0 aliphatic heterocycles. The number of carbonyl (C=O) groups is 2. The molecule has 0 aromatic heterocycles. The molecule has 57 heavy (non-hydrogen) atoms. The summed E-state index contributed by atoms with van der Waals surface area (Å²) in [5.41, 5.74) is 0.857. The van der Waals surface area contributed by atoms with Crippen molar-refractivity contribution in [1.82, 2.24) is 0 Å². The van der Waals surface area contributed by atoms with Crippen molar-refractivity contribution < 1.29 is 75.7 Å². The van der Waals surface area contributed by atoms with Crippen LogP contribution in [0.1, 0.15) is 175 Å². The van der Waals surface area contributed by atoms with Gasteiger partial charge in [0.05, 0.1) is 33.0 Å². The Morgan fingerprint density at radius 1 is 0.386 bits per heavy atom. The van der Waals surface area contributed by atoms with Crippen molar-refractivity contribution in [3.63, 3.8) is 0 Å². The topological polar surface area (TPSA) is 253 Å². The molecule has 0 aliphatic rings. The lowest BCUT2D eigenvalue weighted by Crippen LogP contribution is -2.05. The first-order valence-corrected chi connectivity index (χ1v) is 25.1. The zero-order valence-corrected chi connectivity index (χ0v) is 37.7. The van der Waals surface area contributed by atoms with Gasteiger partial charge in [-0.1, -0.05) is 142 Å². The summed E-state index contributed by atoms with van der Waals surface area (Å²) in [4.78, 5) is 72.9. The summed E-state index contributed by atoms with van der Waals surface area (Å²) >= 11 is 0. The van der Waals surface area contributed by atoms with Crippen molar-refractivity contribution in [2.75, 3.05) is 33.0 Å². The molecule has 0 aromatic carbocycles. The molecule has 19 heteroatoms. The number of unbranched alkanes of at least 4 members (excludes halogenated alkanes) is 21. The molecule has 0 heterocycles. The molecule has 340 valence electrons. The second-order valence-corrected chi connectivity index (χ2v) is 17.7. The van der Waals surface area contributed by atoms with Gasteiger partial charge in [0.2, 0.25) is 0 Å². The Kier molecular flexibility index (Phi) is 42.3. The van der Waals surface area contributed by atoms with Crippen LogP contribution in [0.25, 0.3) is 0 Å². The van der Waals surface area contributed by atoms with Crippen LogP contribution >= 0.6 is 23.5 Å². The van der Waals surface area contributed by atoms with Crippen LogP contribution in [0.3, 0.4) is 0 Å². The lowest BCUT2D eigenvalue weighted by atomic mass is 10.1. The highest BCUT2D eigenvalue weighted by Gasteiger charge is 2.14. The van der Waals surface area contributed by atoms with Crippen LogP contribution in [0.2, 0.25) is 0 Å². The molecule has 0 amide bonds. The molecule has 16 nitrogen and oxygen atoms in total. The summed E-state index contributed by atoms with van der Waals surface area (Å²) in [6.07, 6.45) is 24.9. The highest BCUT2D eigenvalue weighted by atomic mass is 31.2. The number of ether oxygens (including phenoxy) is 2. The Morgan fingerprint density at radius 2 is 0.579 bits per heavy atom. The normalized spacial score (nSPS) is 11.5. The minimum atomic E-state index is -4.30. The third-order valence-electron chi connectivity index (χ3n) is 8.02. The number of hydrogen-bond donors (Lipinski definition) is 6. The summed E-state index contributed by atoms with van der Waals surface area (Å²) in [5, 5.41) is 0. The van der Waals surface area contributed by atoms with E-state index in [1.54, 1.807) is 13.8 Å². The van der Waals surface area contributed by atoms with Crippen molar-refractivity contribution in [1.29, 1.82) is 0 Å². The quantitative estimate of drug-likeness (QED) is 0.0148. The summed E-state index contributed by atoms with van der Waals surface area (Å²) in [7, 11) is -12.8. The van der Waals surface area contributed by atoms with E-state index in [0.29, 0.717) is 37.2 Å². The third-order valence-corrected chi connectivity index (χ3v) is 9.57. The van der Waals surface area contributed by atoms with Crippen molar-refractivity contribution in [3.05, 3.63) is 24.3 Å². The van der Waals surface area contributed by atoms with Crippen LogP contribution < -0.4 is 0 Å². The Hall–Kier alpha value is -1.25. The zero-order chi connectivity index (χ0) is 43.9. The highest BCUT2D eigenvalue weighted by molar-refractivity contribution is 7.46. The van der Waals surface area contributed by atoms with E-state index in [0.717, 1.165) is 109 Å². The first-order chi connectivity index (χ1) is 26.7. The molecular weight excluding hydrogens is 805 g/mol. The van der Waals surface area contributed by atoms with Gasteiger partial charge in [0.1, 0.15) is 0 Å². The smallest absolute Gasteiger partial charge is 0.462 e. The Labute approximate surface area is 342 Å². The molecule has 0 bridgehead atoms. The SMILES string of the molecule is C=C(C)C(=O)OCCCCCCCCCCOP(=O)(O)O.C=C(C)C(=O)OCCCCCCCCCCOP(=O)(O)O.CCCCCCCCCCOP(=O)(O)O. The fourth-order valence-electron chi connectivity index (χ4n) is 4.89. The monoisotopic (exact) mass is 882 g/mol. The predicted molar refractivity (Wildman–Crippen MR) is 222 cm³/mol. The number of phosphoric ester groups is 3. The van der Waals surface area contributed by atoms with Gasteiger partial charge in [-0.05, 0) is 46.0 Å². The van der Waals surface area contributed by atoms with Crippen LogP contribution in [-0.4, -0.2) is 74.3 Å². The molecular formula is C38H77O16P3. The fraction of sp³-hybridized carbons (Fsp3) is 0.842. The highest BCUT2D eigenvalue weighted by Crippen LogP contribution is 2.37. The van der Waals surface area contributed by atoms with Crippen molar-refractivity contribution in [3.8, 4) is 0 Å². The molecule has 0 aromatic rings. The first kappa shape index (κ1) is 60.1. The van der Waals surface area contributed by atoms with E-state index in [1.165, 1.54) is 32.1 Å². The molecule has 0 radical (unpaired) electrons. The van der Waals surface area contributed by atoms with E-state index < -0.39 is 23.5 Å². The molecule has 0 saturated carbocycles. The Bertz CT molecular complexity index is 1080. The zero-order valence-electron chi connectivity index (χ0n) is 35.0. The maximum atomic E-state index is 11.1. The van der Waals surface area contributed by atoms with Gasteiger partial charge in [0, 0.05) is 11.1 Å². The van der Waals surface area contributed by atoms with Crippen LogP contribution in [0, 0.1) is 0 Å². The Morgan fingerprint density at radius 3 is 0.772 bits per heavy atom. The second-order valence-electron chi connectivity index (χ2n) is 13.9. The minimum absolute atomic E-state index is 0.109. The van der Waals surface area contributed by atoms with E-state index in [2.05, 4.69) is 33.7 Å². The van der Waals surface area contributed by atoms with Gasteiger partial charge in [0.25, 0.3) is 0 Å². The maximum absolute atomic E-state index is 11.1. The molecule has 6 N–H and O–H groups in total. The summed E-state index contributed by atoms with van der Waals surface area (Å²) in [6, 6.07) is 0. The van der Waals surface area contributed by atoms with Crippen LogP contribution in [0.4, 0.5) is 0 Å². The lowest BCUT2D eigenvalue weighted by Gasteiger charge is -2.05. The number of carbonyl (C=O) groups excluding carboxylic acids is 2. The lowest BCUT2D eigenvalue weighted by molar-refractivity contribution is -0.139. The number of rotatable bonds is 36. The van der Waals surface area contributed by atoms with Crippen molar-refractivity contribution >= 4 is 35.4 Å². The molecule has 0 saturated heterocycles. The fourth-order valence-corrected chi connectivity index (χ4v) is 5.99. The number of phosphoric acid groups is 3. The van der Waals surface area contributed by atoms with E-state index >= 15 is 0 Å². The largest absolute Gasteiger partial charge is 0.469 e. The molecule has 0 aliphatic carbocycles. The standard InChI is InChI=1S/2C14H27O6P.C10H23O4P/c2*1-13(2)14(15)19-11-9-7-5-3-4-6-8-10-12-20-21(16,17)18;1-2-3-4-5-6-7-8-9-10-14-15(11,12)13/h2*1,3-12H2,2H3,(H2,16,17,18);2-10H2,1H3,(H2,11,12,13). The molecule has 0 rings (SSSR count). The molecule has 0 fully saturated rings. The molecule has 0 spiro atoms. The maximum Gasteiger partial charge on any atom is 0.469 e. The molecule has 0 unspecified atom stereocenters. The van der Waals surface area contributed by atoms with Gasteiger partial charge < -0.3 is 38.8 Å². The van der Waals surface area contributed by atoms with E-state index in [4.69, 9.17) is 38.8 Å². The van der Waals surface area contributed by atoms with Crippen molar-refractivity contribution in [2.45, 2.75) is 175 Å². The van der Waals surface area contributed by atoms with E-state index in [-0.39, 0.29) is 31.8 Å². The minimum Gasteiger partial charge on any atom is -0.462 e. The Balaban J connectivity index is -0.000000780. The van der Waals surface area contributed by atoms with E-state index in [1.807, 2.05) is 0 Å². The average molecular weight is 883 g/mol. The second kappa shape index (κ2) is 40.2. The van der Waals surface area contributed by atoms with Gasteiger partial charge in [-0.2, -0.15) is 0 Å². The van der Waals surface area contributed by atoms with E-state index in [9.17, 15) is 23.3 Å². The average Bonchev–Trinajstić information content (AvgIpc) is 3.10. The summed E-state index contributed by atoms with van der Waals surface area (Å²) < 4.78 is 54.2. The van der Waals surface area contributed by atoms with Crippen LogP contribution in [-0.2, 0) is 46.3 Å². The first-order valence-electron chi connectivity index (χ1n) is 20.5. The molecule has 0 atom stereocenters. The predicted octanol–water partition coefficient (Wildman–Crippen LogP) is 9.91. The number of esters is 2. The van der Waals surface area contributed by atoms with Gasteiger partial charge >= 0.3 is 35.4 Å². The van der Waals surface area contributed by atoms with Gasteiger partial charge in [-0.15, -0.1) is 0 Å². The van der Waals surface area contributed by atoms with Crippen molar-refractivity contribution in [2.24, 2.45) is 0 Å². The van der Waals surface area contributed by atoms with Crippen LogP contribution in [0.15, 0.2) is 24.3 Å². The van der Waals surface area contributed by atoms with Crippen LogP contribution in [0.5, 0.6) is 0 Å². The van der Waals surface area contributed by atoms with Gasteiger partial charge in [-0.25, -0.2) is 23.3 Å². The van der Waals surface area contributed by atoms with Gasteiger partial charge in [0.15, 0.2) is 0 Å². The third kappa shape index (κ3) is 59.2. The summed E-state index contributed by atoms with van der Waals surface area (Å²) in [6.45, 7) is 13.8. The number of hydrogen-bond acceptors (Lipinski definition) is 10. The summed E-state index contributed by atoms with van der Waals surface area (Å²) in [5.74, 6) is -0.653.